The lowest BCUT2D eigenvalue weighted by Crippen LogP contribution is -2.57. The van der Waals surface area contributed by atoms with Gasteiger partial charge in [0.25, 0.3) is 5.91 Å². The highest BCUT2D eigenvalue weighted by atomic mass is 16.5. The second-order valence-electron chi connectivity index (χ2n) is 6.84. The van der Waals surface area contributed by atoms with Crippen molar-refractivity contribution in [2.75, 3.05) is 45.9 Å². The predicted octanol–water partition coefficient (Wildman–Crippen LogP) is -0.136. The van der Waals surface area contributed by atoms with Crippen LogP contribution < -0.4 is 0 Å². The first-order valence-electron chi connectivity index (χ1n) is 8.33. The van der Waals surface area contributed by atoms with Gasteiger partial charge in [0.1, 0.15) is 5.60 Å². The molecular formula is C16H22N2O5. The molecule has 3 saturated heterocycles. The highest BCUT2D eigenvalue weighted by Crippen LogP contribution is 2.52. The van der Waals surface area contributed by atoms with Gasteiger partial charge in [0, 0.05) is 39.0 Å². The number of hydrogen-bond donors (Lipinski definition) is 1. The van der Waals surface area contributed by atoms with Gasteiger partial charge in [-0.1, -0.05) is 0 Å². The summed E-state index contributed by atoms with van der Waals surface area (Å²) >= 11 is 0. The molecule has 0 aromatic carbocycles. The Morgan fingerprint density at radius 2 is 2.04 bits per heavy atom. The first-order chi connectivity index (χ1) is 11.1. The monoisotopic (exact) mass is 322 g/mol. The van der Waals surface area contributed by atoms with E-state index in [9.17, 15) is 14.7 Å². The Morgan fingerprint density at radius 3 is 2.74 bits per heavy atom. The van der Waals surface area contributed by atoms with Gasteiger partial charge in [0.15, 0.2) is 0 Å². The molecule has 1 N–H and O–H groups in total. The van der Waals surface area contributed by atoms with Crippen LogP contribution in [0.4, 0.5) is 0 Å². The molecule has 1 aliphatic carbocycles. The number of aliphatic carboxylic acids is 1. The SMILES string of the molecule is O=C(O)C1=C2C(=O)N(CCCN3CCOCC3)C[C@@]23C[C@H](C1)O3. The van der Waals surface area contributed by atoms with Gasteiger partial charge < -0.3 is 19.5 Å². The van der Waals surface area contributed by atoms with E-state index < -0.39 is 11.6 Å². The fourth-order valence-corrected chi connectivity index (χ4v) is 4.28. The van der Waals surface area contributed by atoms with Crippen LogP contribution in [0.1, 0.15) is 19.3 Å². The lowest BCUT2D eigenvalue weighted by Gasteiger charge is -2.49. The van der Waals surface area contributed by atoms with Crippen molar-refractivity contribution in [3.63, 3.8) is 0 Å². The molecule has 3 fully saturated rings. The number of hydrogen-bond acceptors (Lipinski definition) is 5. The second kappa shape index (κ2) is 5.58. The zero-order chi connectivity index (χ0) is 16.0. The van der Waals surface area contributed by atoms with E-state index in [4.69, 9.17) is 9.47 Å². The molecule has 0 radical (unpaired) electrons. The van der Waals surface area contributed by atoms with Crippen molar-refractivity contribution in [1.29, 1.82) is 0 Å². The molecule has 2 bridgehead atoms. The van der Waals surface area contributed by atoms with Gasteiger partial charge in [0.05, 0.1) is 37.0 Å². The number of fused-ring (bicyclic) bond motifs is 1. The van der Waals surface area contributed by atoms with Crippen molar-refractivity contribution in [3.05, 3.63) is 11.1 Å². The van der Waals surface area contributed by atoms with Crippen LogP contribution >= 0.6 is 0 Å². The number of likely N-dealkylation sites (tertiary alicyclic amines) is 1. The summed E-state index contributed by atoms with van der Waals surface area (Å²) in [5, 5.41) is 9.37. The molecule has 0 aromatic rings. The van der Waals surface area contributed by atoms with E-state index >= 15 is 0 Å². The largest absolute Gasteiger partial charge is 0.478 e. The Hall–Kier alpha value is -1.44. The fraction of sp³-hybridized carbons (Fsp3) is 0.750. The summed E-state index contributed by atoms with van der Waals surface area (Å²) in [6, 6.07) is 0. The fourth-order valence-electron chi connectivity index (χ4n) is 4.28. The summed E-state index contributed by atoms with van der Waals surface area (Å²) in [7, 11) is 0. The maximum absolute atomic E-state index is 12.7. The van der Waals surface area contributed by atoms with E-state index in [-0.39, 0.29) is 17.6 Å². The third-order valence-corrected chi connectivity index (χ3v) is 5.35. The Bertz CT molecular complexity index is 561. The topological polar surface area (TPSA) is 79.3 Å². The maximum Gasteiger partial charge on any atom is 0.332 e. The van der Waals surface area contributed by atoms with E-state index in [1.54, 1.807) is 4.90 Å². The van der Waals surface area contributed by atoms with Gasteiger partial charge in [-0.3, -0.25) is 9.69 Å². The highest BCUT2D eigenvalue weighted by Gasteiger charge is 2.61. The molecule has 4 heterocycles. The van der Waals surface area contributed by atoms with Crippen molar-refractivity contribution < 1.29 is 24.2 Å². The lowest BCUT2D eigenvalue weighted by atomic mass is 9.74. The van der Waals surface area contributed by atoms with Crippen LogP contribution in [-0.2, 0) is 19.1 Å². The van der Waals surface area contributed by atoms with Crippen LogP contribution in [0.3, 0.4) is 0 Å². The van der Waals surface area contributed by atoms with Crippen molar-refractivity contribution >= 4 is 11.9 Å². The molecule has 126 valence electrons. The predicted molar refractivity (Wildman–Crippen MR) is 80.0 cm³/mol. The first kappa shape index (κ1) is 15.1. The minimum absolute atomic E-state index is 0.0223. The molecule has 0 saturated carbocycles. The quantitative estimate of drug-likeness (QED) is 0.759. The van der Waals surface area contributed by atoms with E-state index in [1.807, 2.05) is 0 Å². The normalized spacial score (nSPS) is 33.7. The maximum atomic E-state index is 12.7. The average molecular weight is 322 g/mol. The average Bonchev–Trinajstić information content (AvgIpc) is 2.83. The Kier molecular flexibility index (Phi) is 3.66. The Balaban J connectivity index is 1.41. The first-order valence-corrected chi connectivity index (χ1v) is 8.33. The van der Waals surface area contributed by atoms with Crippen LogP contribution in [0.2, 0.25) is 0 Å². The highest BCUT2D eigenvalue weighted by molar-refractivity contribution is 6.06. The van der Waals surface area contributed by atoms with E-state index in [0.717, 1.165) is 45.7 Å². The summed E-state index contributed by atoms with van der Waals surface area (Å²) in [6.45, 7) is 5.54. The van der Waals surface area contributed by atoms with Crippen molar-refractivity contribution in [2.24, 2.45) is 0 Å². The molecule has 1 spiro atoms. The standard InChI is InChI=1S/C16H22N2O5/c19-14-13-12(15(20)21)8-11-9-16(13,23-11)10-18(14)3-1-2-17-4-6-22-7-5-17/h11H,1-10H2,(H,20,21)/t11-,16-/m0/s1. The van der Waals surface area contributed by atoms with Gasteiger partial charge >= 0.3 is 5.97 Å². The molecule has 7 nitrogen and oxygen atoms in total. The van der Waals surface area contributed by atoms with Gasteiger partial charge in [-0.05, 0) is 6.42 Å². The van der Waals surface area contributed by atoms with Crippen LogP contribution in [0.25, 0.3) is 0 Å². The lowest BCUT2D eigenvalue weighted by molar-refractivity contribution is -0.188. The number of ether oxygens (including phenoxy) is 2. The van der Waals surface area contributed by atoms with Crippen LogP contribution in [0.5, 0.6) is 0 Å². The zero-order valence-corrected chi connectivity index (χ0v) is 13.1. The number of morpholine rings is 1. The van der Waals surface area contributed by atoms with E-state index in [0.29, 0.717) is 25.1 Å². The number of nitrogens with zero attached hydrogens (tertiary/aromatic N) is 2. The Labute approximate surface area is 134 Å². The minimum atomic E-state index is -0.971. The number of carboxylic acid groups (broad SMARTS) is 1. The van der Waals surface area contributed by atoms with Crippen LogP contribution in [0, 0.1) is 0 Å². The van der Waals surface area contributed by atoms with E-state index in [2.05, 4.69) is 4.90 Å². The summed E-state index contributed by atoms with van der Waals surface area (Å²) < 4.78 is 11.2. The molecular weight excluding hydrogens is 300 g/mol. The van der Waals surface area contributed by atoms with Crippen molar-refractivity contribution in [3.8, 4) is 0 Å². The van der Waals surface area contributed by atoms with Crippen molar-refractivity contribution in [2.45, 2.75) is 31.0 Å². The molecule has 1 amide bonds. The zero-order valence-electron chi connectivity index (χ0n) is 13.1. The molecule has 0 aromatic heterocycles. The summed E-state index contributed by atoms with van der Waals surface area (Å²) in [6.07, 6.45) is 2.01. The molecule has 4 aliphatic heterocycles. The number of amides is 1. The number of carbonyl (C=O) groups excluding carboxylic acids is 1. The van der Waals surface area contributed by atoms with Gasteiger partial charge in [-0.2, -0.15) is 0 Å². The van der Waals surface area contributed by atoms with Crippen LogP contribution in [0.15, 0.2) is 11.1 Å². The number of carbonyl (C=O) groups is 2. The summed E-state index contributed by atoms with van der Waals surface area (Å²) in [5.74, 6) is -1.11. The van der Waals surface area contributed by atoms with Gasteiger partial charge in [0.2, 0.25) is 0 Å². The van der Waals surface area contributed by atoms with Gasteiger partial charge in [-0.25, -0.2) is 4.79 Å². The third-order valence-electron chi connectivity index (χ3n) is 5.35. The summed E-state index contributed by atoms with van der Waals surface area (Å²) in [4.78, 5) is 28.2. The Morgan fingerprint density at radius 1 is 1.30 bits per heavy atom. The minimum Gasteiger partial charge on any atom is -0.478 e. The molecule has 2 atom stereocenters. The molecule has 0 unspecified atom stereocenters. The molecule has 5 rings (SSSR count). The molecule has 7 heteroatoms. The number of carboxylic acids is 1. The smallest absolute Gasteiger partial charge is 0.332 e. The van der Waals surface area contributed by atoms with E-state index in [1.165, 1.54) is 0 Å². The van der Waals surface area contributed by atoms with Gasteiger partial charge in [-0.15, -0.1) is 0 Å². The third kappa shape index (κ3) is 2.47. The number of rotatable bonds is 5. The van der Waals surface area contributed by atoms with Crippen molar-refractivity contribution in [1.82, 2.24) is 9.80 Å². The summed E-state index contributed by atoms with van der Waals surface area (Å²) in [5.41, 5.74) is 0.0548. The van der Waals surface area contributed by atoms with Crippen LogP contribution in [-0.4, -0.2) is 84.4 Å². The molecule has 23 heavy (non-hydrogen) atoms. The second-order valence-corrected chi connectivity index (χ2v) is 6.84. The molecule has 5 aliphatic rings.